The van der Waals surface area contributed by atoms with Gasteiger partial charge in [0.15, 0.2) is 0 Å². The molecule has 0 unspecified atom stereocenters. The molecule has 3 N–H and O–H groups in total. The van der Waals surface area contributed by atoms with Crippen molar-refractivity contribution < 1.29 is 4.39 Å². The normalized spacial score (nSPS) is 14.0. The highest BCUT2D eigenvalue weighted by Gasteiger charge is 2.28. The molecule has 1 aromatic heterocycles. The van der Waals surface area contributed by atoms with Gasteiger partial charge in [0, 0.05) is 18.5 Å². The number of nitrogens with one attached hydrogen (secondary N) is 1. The van der Waals surface area contributed by atoms with Crippen molar-refractivity contribution in [3.8, 4) is 0 Å². The highest BCUT2D eigenvalue weighted by Crippen LogP contribution is 2.39. The first-order valence-corrected chi connectivity index (χ1v) is 7.10. The third-order valence-electron chi connectivity index (χ3n) is 3.56. The van der Waals surface area contributed by atoms with Gasteiger partial charge >= 0.3 is 0 Å². The van der Waals surface area contributed by atoms with Crippen molar-refractivity contribution >= 4 is 17.3 Å². The maximum Gasteiger partial charge on any atom is 0.146 e. The summed E-state index contributed by atoms with van der Waals surface area (Å²) in [5.41, 5.74) is 3.07. The molecule has 21 heavy (non-hydrogen) atoms. The molecule has 0 saturated heterocycles. The van der Waals surface area contributed by atoms with E-state index in [9.17, 15) is 4.39 Å². The van der Waals surface area contributed by atoms with Gasteiger partial charge in [-0.05, 0) is 31.9 Å². The lowest BCUT2D eigenvalue weighted by Crippen LogP contribution is -2.20. The summed E-state index contributed by atoms with van der Waals surface area (Å²) >= 11 is 0. The van der Waals surface area contributed by atoms with E-state index in [1.165, 1.54) is 6.07 Å². The fraction of sp³-hybridized carbons (Fsp3) is 0.333. The van der Waals surface area contributed by atoms with E-state index in [-0.39, 0.29) is 5.82 Å². The minimum atomic E-state index is -0.270. The number of rotatable bonds is 5. The Kier molecular flexibility index (Phi) is 3.70. The van der Waals surface area contributed by atoms with Gasteiger partial charge < -0.3 is 10.3 Å². The molecule has 0 atom stereocenters. The van der Waals surface area contributed by atoms with Crippen LogP contribution >= 0.6 is 0 Å². The standard InChI is InChI=1S/C15H18FN5/c1-2-21(12-6-4-3-5-11(12)16)14-9-13(20-17)18-15(19-14)10-7-8-10/h3-6,9-10H,2,7-8,17H2,1H3,(H,18,19,20). The lowest BCUT2D eigenvalue weighted by molar-refractivity contribution is 0.625. The monoisotopic (exact) mass is 287 g/mol. The zero-order chi connectivity index (χ0) is 14.8. The number of para-hydroxylation sites is 1. The van der Waals surface area contributed by atoms with Crippen LogP contribution in [0.15, 0.2) is 30.3 Å². The molecule has 0 radical (unpaired) electrons. The molecule has 1 aliphatic carbocycles. The number of nitrogens with two attached hydrogens (primary N) is 1. The molecule has 0 aliphatic heterocycles. The maximum absolute atomic E-state index is 14.0. The van der Waals surface area contributed by atoms with Crippen molar-refractivity contribution in [2.45, 2.75) is 25.7 Å². The van der Waals surface area contributed by atoms with E-state index in [0.29, 0.717) is 29.8 Å². The number of hydrazine groups is 1. The van der Waals surface area contributed by atoms with Crippen molar-refractivity contribution in [2.75, 3.05) is 16.9 Å². The first-order chi connectivity index (χ1) is 10.2. The summed E-state index contributed by atoms with van der Waals surface area (Å²) in [6.45, 7) is 2.56. The summed E-state index contributed by atoms with van der Waals surface area (Å²) in [4.78, 5) is 10.8. The Bertz CT molecular complexity index is 642. The predicted octanol–water partition coefficient (Wildman–Crippen LogP) is 2.94. The molecule has 1 heterocycles. The molecular weight excluding hydrogens is 269 g/mol. The highest BCUT2D eigenvalue weighted by molar-refractivity contribution is 5.63. The van der Waals surface area contributed by atoms with E-state index in [2.05, 4.69) is 15.4 Å². The van der Waals surface area contributed by atoms with Crippen molar-refractivity contribution in [3.05, 3.63) is 42.0 Å². The zero-order valence-electron chi connectivity index (χ0n) is 11.9. The number of nitrogens with zero attached hydrogens (tertiary/aromatic N) is 3. The Labute approximate surface area is 123 Å². The van der Waals surface area contributed by atoms with Crippen LogP contribution in [0.25, 0.3) is 0 Å². The lowest BCUT2D eigenvalue weighted by Gasteiger charge is -2.23. The van der Waals surface area contributed by atoms with E-state index >= 15 is 0 Å². The summed E-state index contributed by atoms with van der Waals surface area (Å²) < 4.78 is 14.0. The Morgan fingerprint density at radius 2 is 2.10 bits per heavy atom. The summed E-state index contributed by atoms with van der Waals surface area (Å²) in [6, 6.07) is 8.42. The molecule has 5 nitrogen and oxygen atoms in total. The van der Waals surface area contributed by atoms with Gasteiger partial charge in [0.1, 0.15) is 23.3 Å². The second-order valence-electron chi connectivity index (χ2n) is 5.08. The third-order valence-corrected chi connectivity index (χ3v) is 3.56. The Morgan fingerprint density at radius 1 is 1.33 bits per heavy atom. The molecular formula is C15H18FN5. The SMILES string of the molecule is CCN(c1cc(NN)nc(C2CC2)n1)c1ccccc1F. The number of halogens is 1. The summed E-state index contributed by atoms with van der Waals surface area (Å²) in [5.74, 6) is 7.60. The predicted molar refractivity (Wildman–Crippen MR) is 80.9 cm³/mol. The number of aromatic nitrogens is 2. The number of benzene rings is 1. The maximum atomic E-state index is 14.0. The molecule has 0 amide bonds. The second kappa shape index (κ2) is 5.65. The van der Waals surface area contributed by atoms with Gasteiger partial charge in [-0.15, -0.1) is 0 Å². The molecule has 0 spiro atoms. The van der Waals surface area contributed by atoms with Gasteiger partial charge in [-0.25, -0.2) is 20.2 Å². The minimum Gasteiger partial charge on any atom is -0.324 e. The first kappa shape index (κ1) is 13.8. The van der Waals surface area contributed by atoms with Gasteiger partial charge in [0.05, 0.1) is 5.69 Å². The molecule has 6 heteroatoms. The molecule has 110 valence electrons. The van der Waals surface area contributed by atoms with Crippen LogP contribution in [-0.4, -0.2) is 16.5 Å². The molecule has 1 saturated carbocycles. The average Bonchev–Trinajstić information content (AvgIpc) is 3.34. The van der Waals surface area contributed by atoms with Crippen molar-refractivity contribution in [3.63, 3.8) is 0 Å². The van der Waals surface area contributed by atoms with Crippen LogP contribution in [0.4, 0.5) is 21.7 Å². The van der Waals surface area contributed by atoms with Crippen LogP contribution in [0.5, 0.6) is 0 Å². The van der Waals surface area contributed by atoms with Crippen molar-refractivity contribution in [1.29, 1.82) is 0 Å². The average molecular weight is 287 g/mol. The van der Waals surface area contributed by atoms with Gasteiger partial charge in [-0.2, -0.15) is 0 Å². The fourth-order valence-electron chi connectivity index (χ4n) is 2.32. The van der Waals surface area contributed by atoms with Gasteiger partial charge in [-0.3, -0.25) is 0 Å². The quantitative estimate of drug-likeness (QED) is 0.653. The molecule has 2 aromatic rings. The van der Waals surface area contributed by atoms with Crippen LogP contribution in [-0.2, 0) is 0 Å². The first-order valence-electron chi connectivity index (χ1n) is 7.10. The topological polar surface area (TPSA) is 67.1 Å². The second-order valence-corrected chi connectivity index (χ2v) is 5.08. The zero-order valence-corrected chi connectivity index (χ0v) is 11.9. The highest BCUT2D eigenvalue weighted by atomic mass is 19.1. The fourth-order valence-corrected chi connectivity index (χ4v) is 2.32. The van der Waals surface area contributed by atoms with Crippen molar-refractivity contribution in [1.82, 2.24) is 9.97 Å². The third kappa shape index (κ3) is 2.80. The van der Waals surface area contributed by atoms with Gasteiger partial charge in [0.25, 0.3) is 0 Å². The Balaban J connectivity index is 2.04. The van der Waals surface area contributed by atoms with E-state index < -0.39 is 0 Å². The summed E-state index contributed by atoms with van der Waals surface area (Å²) in [5, 5.41) is 0. The molecule has 1 aromatic carbocycles. The number of hydrogen-bond donors (Lipinski definition) is 2. The summed E-state index contributed by atoms with van der Waals surface area (Å²) in [7, 11) is 0. The van der Waals surface area contributed by atoms with Gasteiger partial charge in [-0.1, -0.05) is 12.1 Å². The van der Waals surface area contributed by atoms with Crippen LogP contribution in [0, 0.1) is 5.82 Å². The van der Waals surface area contributed by atoms with E-state index in [1.54, 1.807) is 18.2 Å². The lowest BCUT2D eigenvalue weighted by atomic mass is 10.2. The van der Waals surface area contributed by atoms with Gasteiger partial charge in [0.2, 0.25) is 0 Å². The number of nitrogen functional groups attached to an aromatic ring is 1. The molecule has 3 rings (SSSR count). The van der Waals surface area contributed by atoms with Crippen LogP contribution in [0.1, 0.15) is 31.5 Å². The van der Waals surface area contributed by atoms with E-state index in [1.807, 2.05) is 17.9 Å². The Hall–Kier alpha value is -2.21. The van der Waals surface area contributed by atoms with E-state index in [4.69, 9.17) is 5.84 Å². The van der Waals surface area contributed by atoms with Crippen LogP contribution in [0.3, 0.4) is 0 Å². The number of anilines is 3. The molecule has 1 fully saturated rings. The molecule has 1 aliphatic rings. The number of hydrogen-bond acceptors (Lipinski definition) is 5. The largest absolute Gasteiger partial charge is 0.324 e. The Morgan fingerprint density at radius 3 is 2.71 bits per heavy atom. The van der Waals surface area contributed by atoms with Crippen LogP contribution < -0.4 is 16.2 Å². The minimum absolute atomic E-state index is 0.270. The molecule has 0 bridgehead atoms. The smallest absolute Gasteiger partial charge is 0.146 e. The van der Waals surface area contributed by atoms with Crippen LogP contribution in [0.2, 0.25) is 0 Å². The van der Waals surface area contributed by atoms with E-state index in [0.717, 1.165) is 18.7 Å². The van der Waals surface area contributed by atoms with Crippen molar-refractivity contribution in [2.24, 2.45) is 5.84 Å². The summed E-state index contributed by atoms with van der Waals surface area (Å²) in [6.07, 6.45) is 2.19.